The van der Waals surface area contributed by atoms with Gasteiger partial charge in [0.25, 0.3) is 0 Å². The van der Waals surface area contributed by atoms with Crippen LogP contribution in [0.5, 0.6) is 0 Å². The van der Waals surface area contributed by atoms with Crippen LogP contribution in [0.2, 0.25) is 0 Å². The Hall–Kier alpha value is -2.73. The molecule has 4 aromatic carbocycles. The Morgan fingerprint density at radius 2 is 0.763 bits per heavy atom. The second kappa shape index (κ2) is 16.3. The molecule has 0 aromatic heterocycles. The molecule has 0 heterocycles. The van der Waals surface area contributed by atoms with Crippen molar-refractivity contribution in [2.75, 3.05) is 12.8 Å². The van der Waals surface area contributed by atoms with Crippen LogP contribution in [0.1, 0.15) is 63.4 Å². The lowest BCUT2D eigenvalue weighted by Gasteiger charge is -2.27. The molecule has 0 amide bonds. The molecule has 0 unspecified atom stereocenters. The number of benzene rings is 4. The number of hydrogen-bond acceptors (Lipinski definition) is 1. The minimum atomic E-state index is -1.66. The zero-order valence-electron chi connectivity index (χ0n) is 22.9. The summed E-state index contributed by atoms with van der Waals surface area (Å²) in [6.07, 6.45) is 13.1. The van der Waals surface area contributed by atoms with E-state index in [1.807, 2.05) is 0 Å². The van der Waals surface area contributed by atoms with Crippen LogP contribution in [-0.2, 0) is 11.3 Å². The molecule has 0 fully saturated rings. The molecule has 4 rings (SSSR count). The summed E-state index contributed by atoms with van der Waals surface area (Å²) in [5.41, 5.74) is 1.27. The van der Waals surface area contributed by atoms with Crippen LogP contribution in [0, 0.1) is 0 Å². The molecule has 198 valence electrons. The van der Waals surface area contributed by atoms with Gasteiger partial charge in [-0.3, -0.25) is 0 Å². The van der Waals surface area contributed by atoms with Crippen molar-refractivity contribution in [1.29, 1.82) is 0 Å². The van der Waals surface area contributed by atoms with Crippen LogP contribution in [-0.4, -0.2) is 12.8 Å². The molecule has 0 aliphatic heterocycles. The zero-order chi connectivity index (χ0) is 26.1. The van der Waals surface area contributed by atoms with E-state index in [1.165, 1.54) is 85.4 Å². The van der Waals surface area contributed by atoms with Crippen LogP contribution < -0.4 is 15.9 Å². The molecule has 4 aromatic rings. The lowest BCUT2D eigenvalue weighted by molar-refractivity contribution is 0.116. The van der Waals surface area contributed by atoms with Crippen LogP contribution in [0.3, 0.4) is 0 Å². The molecule has 0 N–H and O–H groups in total. The highest BCUT2D eigenvalue weighted by Gasteiger charge is 2.44. The second-order valence-electron chi connectivity index (χ2n) is 10.3. The molecular formula is C36H44OP+. The summed E-state index contributed by atoms with van der Waals surface area (Å²) < 4.78 is 5.82. The van der Waals surface area contributed by atoms with E-state index in [1.54, 1.807) is 0 Å². The summed E-state index contributed by atoms with van der Waals surface area (Å²) in [4.78, 5) is 0. The molecule has 0 radical (unpaired) electrons. The summed E-state index contributed by atoms with van der Waals surface area (Å²) in [6, 6.07) is 44.4. The first-order valence-electron chi connectivity index (χ1n) is 14.6. The number of ether oxygens (including phenoxy) is 1. The Balaban J connectivity index is 1.19. The number of unbranched alkanes of at least 4 members (excludes halogenated alkanes) is 8. The van der Waals surface area contributed by atoms with Crippen molar-refractivity contribution in [1.82, 2.24) is 0 Å². The predicted molar refractivity (Wildman–Crippen MR) is 168 cm³/mol. The maximum absolute atomic E-state index is 5.82. The average molecular weight is 524 g/mol. The van der Waals surface area contributed by atoms with E-state index in [4.69, 9.17) is 4.74 Å². The molecule has 0 saturated heterocycles. The van der Waals surface area contributed by atoms with E-state index in [9.17, 15) is 0 Å². The minimum absolute atomic E-state index is 0.739. The smallest absolute Gasteiger partial charge is 0.112 e. The van der Waals surface area contributed by atoms with Gasteiger partial charge < -0.3 is 4.74 Å². The fraction of sp³-hybridized carbons (Fsp3) is 0.333. The Morgan fingerprint density at radius 1 is 0.395 bits per heavy atom. The molecule has 1 nitrogen and oxygen atoms in total. The van der Waals surface area contributed by atoms with Gasteiger partial charge in [-0.15, -0.1) is 0 Å². The van der Waals surface area contributed by atoms with E-state index in [-0.39, 0.29) is 0 Å². The maximum Gasteiger partial charge on any atom is 0.112 e. The third kappa shape index (κ3) is 8.39. The monoisotopic (exact) mass is 523 g/mol. The van der Waals surface area contributed by atoms with E-state index in [2.05, 4.69) is 121 Å². The van der Waals surface area contributed by atoms with E-state index in [0.717, 1.165) is 13.2 Å². The Morgan fingerprint density at radius 3 is 1.21 bits per heavy atom. The van der Waals surface area contributed by atoms with Gasteiger partial charge >= 0.3 is 0 Å². The van der Waals surface area contributed by atoms with Crippen LogP contribution in [0.4, 0.5) is 0 Å². The van der Waals surface area contributed by atoms with Crippen molar-refractivity contribution < 1.29 is 4.74 Å². The normalized spacial score (nSPS) is 11.5. The zero-order valence-corrected chi connectivity index (χ0v) is 23.8. The van der Waals surface area contributed by atoms with Crippen molar-refractivity contribution in [2.45, 2.75) is 64.4 Å². The molecule has 0 spiro atoms. The Bertz CT molecular complexity index is 1030. The number of hydrogen-bond donors (Lipinski definition) is 0. The van der Waals surface area contributed by atoms with Crippen LogP contribution >= 0.6 is 7.26 Å². The fourth-order valence-electron chi connectivity index (χ4n) is 5.44. The Labute approximate surface area is 231 Å². The minimum Gasteiger partial charge on any atom is -0.377 e. The van der Waals surface area contributed by atoms with Gasteiger partial charge in [-0.2, -0.15) is 0 Å². The first-order chi connectivity index (χ1) is 18.9. The molecule has 0 bridgehead atoms. The van der Waals surface area contributed by atoms with Crippen molar-refractivity contribution in [2.24, 2.45) is 0 Å². The number of rotatable bonds is 17. The first kappa shape index (κ1) is 28.3. The molecule has 0 aliphatic rings. The average Bonchev–Trinajstić information content (AvgIpc) is 2.99. The summed E-state index contributed by atoms with van der Waals surface area (Å²) in [5.74, 6) is 0. The summed E-state index contributed by atoms with van der Waals surface area (Å²) >= 11 is 0. The van der Waals surface area contributed by atoms with Crippen LogP contribution in [0.25, 0.3) is 0 Å². The highest BCUT2D eigenvalue weighted by atomic mass is 31.2. The lowest BCUT2D eigenvalue weighted by atomic mass is 10.1. The highest BCUT2D eigenvalue weighted by molar-refractivity contribution is 7.95. The standard InChI is InChI=1S/C36H44OP/c1(2-4-6-20-30-37-32-33-22-12-8-13-23-33)3-5-7-21-31-38(34-24-14-9-15-25-34,35-26-16-10-17-27-35)36-28-18-11-19-29-36/h8-19,22-29H,1-7,20-21,30-32H2/q+1. The largest absolute Gasteiger partial charge is 0.377 e. The summed E-state index contributed by atoms with van der Waals surface area (Å²) in [6.45, 7) is 1.62. The van der Waals surface area contributed by atoms with Gasteiger partial charge in [0.05, 0.1) is 12.8 Å². The van der Waals surface area contributed by atoms with Gasteiger partial charge in [0.1, 0.15) is 23.2 Å². The van der Waals surface area contributed by atoms with Gasteiger partial charge in [-0.05, 0) is 61.2 Å². The van der Waals surface area contributed by atoms with Gasteiger partial charge in [-0.1, -0.05) is 123 Å². The predicted octanol–water partition coefficient (Wildman–Crippen LogP) is 8.71. The first-order valence-corrected chi connectivity index (χ1v) is 16.5. The molecule has 2 heteroatoms. The highest BCUT2D eigenvalue weighted by Crippen LogP contribution is 2.56. The SMILES string of the molecule is c1ccc(COCCCCCCCCCCC[P+](c2ccccc2)(c2ccccc2)c2ccccc2)cc1. The van der Waals surface area contributed by atoms with Gasteiger partial charge in [0, 0.05) is 6.61 Å². The third-order valence-electron chi connectivity index (χ3n) is 7.48. The summed E-state index contributed by atoms with van der Waals surface area (Å²) in [7, 11) is -1.66. The quantitative estimate of drug-likeness (QED) is 0.0993. The molecule has 38 heavy (non-hydrogen) atoms. The van der Waals surface area contributed by atoms with Gasteiger partial charge in [0.2, 0.25) is 0 Å². The fourth-order valence-corrected chi connectivity index (χ4v) is 9.85. The van der Waals surface area contributed by atoms with Crippen molar-refractivity contribution in [3.63, 3.8) is 0 Å². The van der Waals surface area contributed by atoms with E-state index in [0.29, 0.717) is 0 Å². The molecule has 0 atom stereocenters. The maximum atomic E-state index is 5.82. The Kier molecular flexibility index (Phi) is 12.1. The van der Waals surface area contributed by atoms with E-state index >= 15 is 0 Å². The van der Waals surface area contributed by atoms with Gasteiger partial charge in [0.15, 0.2) is 0 Å². The third-order valence-corrected chi connectivity index (χ3v) is 12.0. The van der Waals surface area contributed by atoms with Crippen molar-refractivity contribution >= 4 is 23.2 Å². The molecule has 0 saturated carbocycles. The lowest BCUT2D eigenvalue weighted by Crippen LogP contribution is -2.33. The van der Waals surface area contributed by atoms with Crippen molar-refractivity contribution in [3.05, 3.63) is 127 Å². The van der Waals surface area contributed by atoms with Crippen molar-refractivity contribution in [3.8, 4) is 0 Å². The van der Waals surface area contributed by atoms with E-state index < -0.39 is 7.26 Å². The second-order valence-corrected chi connectivity index (χ2v) is 13.9. The summed E-state index contributed by atoms with van der Waals surface area (Å²) in [5, 5.41) is 4.51. The van der Waals surface area contributed by atoms with Gasteiger partial charge in [-0.25, -0.2) is 0 Å². The topological polar surface area (TPSA) is 9.23 Å². The molecular weight excluding hydrogens is 479 g/mol. The molecule has 0 aliphatic carbocycles. The van der Waals surface area contributed by atoms with Crippen LogP contribution in [0.15, 0.2) is 121 Å².